The molecule has 0 saturated heterocycles. The number of rotatable bonds is 16. The Bertz CT molecular complexity index is 1510. The van der Waals surface area contributed by atoms with E-state index >= 15 is 0 Å². The van der Waals surface area contributed by atoms with Crippen LogP contribution < -0.4 is 25.4 Å². The lowest BCUT2D eigenvalue weighted by molar-refractivity contribution is 0.313. The van der Waals surface area contributed by atoms with Crippen LogP contribution in [0.2, 0.25) is 0 Å². The molecule has 0 fully saturated rings. The van der Waals surface area contributed by atoms with Gasteiger partial charge in [-0.2, -0.15) is 0 Å². The third-order valence-electron chi connectivity index (χ3n) is 8.40. The number of aromatic hydroxyl groups is 2. The molecule has 2 N–H and O–H groups in total. The van der Waals surface area contributed by atoms with Gasteiger partial charge in [-0.1, -0.05) is 86.7 Å². The molecule has 0 atom stereocenters. The van der Waals surface area contributed by atoms with Crippen LogP contribution in [-0.4, -0.2) is 49.8 Å². The Morgan fingerprint density at radius 1 is 0.617 bits per heavy atom. The van der Waals surface area contributed by atoms with Gasteiger partial charge < -0.3 is 24.2 Å². The number of methoxy groups -OCH3 is 2. The second-order valence-corrected chi connectivity index (χ2v) is 16.7. The summed E-state index contributed by atoms with van der Waals surface area (Å²) < 4.78 is 37.8. The van der Waals surface area contributed by atoms with E-state index in [1.54, 1.807) is 0 Å². The van der Waals surface area contributed by atoms with Crippen molar-refractivity contribution in [2.45, 2.75) is 64.7 Å². The Labute approximate surface area is 281 Å². The highest BCUT2D eigenvalue weighted by molar-refractivity contribution is 7.95. The quantitative estimate of drug-likeness (QED) is 0.0555. The van der Waals surface area contributed by atoms with Crippen LogP contribution >= 0.6 is 7.26 Å². The maximum absolute atomic E-state index is 10.7. The van der Waals surface area contributed by atoms with Crippen molar-refractivity contribution in [3.05, 3.63) is 102 Å². The van der Waals surface area contributed by atoms with E-state index in [9.17, 15) is 10.2 Å². The van der Waals surface area contributed by atoms with Crippen molar-refractivity contribution in [1.29, 1.82) is 0 Å². The summed E-state index contributed by atoms with van der Waals surface area (Å²) in [5.41, 5.74) is 1.40. The van der Waals surface area contributed by atoms with E-state index in [0.717, 1.165) is 18.4 Å². The average molecular weight is 681 g/mol. The van der Waals surface area contributed by atoms with Gasteiger partial charge in [-0.15, -0.1) is 0 Å². The van der Waals surface area contributed by atoms with E-state index in [0.29, 0.717) is 18.2 Å². The highest BCUT2D eigenvalue weighted by atomic mass is 32.2. The Morgan fingerprint density at radius 3 is 1.34 bits per heavy atom. The lowest BCUT2D eigenvalue weighted by Gasteiger charge is -2.27. The summed E-state index contributed by atoms with van der Waals surface area (Å²) in [7, 11) is -2.71. The topological polar surface area (TPSA) is 116 Å². The zero-order valence-electron chi connectivity index (χ0n) is 28.0. The monoisotopic (exact) mass is 680 g/mol. The van der Waals surface area contributed by atoms with Crippen LogP contribution in [0.4, 0.5) is 0 Å². The third kappa shape index (κ3) is 10.7. The minimum absolute atomic E-state index is 0.0420. The molecule has 0 aliphatic carbocycles. The van der Waals surface area contributed by atoms with Gasteiger partial charge in [-0.25, -0.2) is 8.42 Å². The predicted molar refractivity (Wildman–Crippen MR) is 194 cm³/mol. The summed E-state index contributed by atoms with van der Waals surface area (Å²) in [5, 5.41) is 25.6. The molecule has 0 amide bonds. The van der Waals surface area contributed by atoms with Gasteiger partial charge in [-0.3, -0.25) is 0 Å². The number of benzene rings is 4. The second kappa shape index (κ2) is 18.7. The van der Waals surface area contributed by atoms with E-state index < -0.39 is 17.4 Å². The summed E-state index contributed by atoms with van der Waals surface area (Å²) in [4.78, 5) is 0. The van der Waals surface area contributed by atoms with E-state index in [1.807, 2.05) is 6.92 Å². The molecule has 0 aliphatic rings. The summed E-state index contributed by atoms with van der Waals surface area (Å²) in [5.74, 6) is 0.506. The van der Waals surface area contributed by atoms with Gasteiger partial charge in [0.2, 0.25) is 11.5 Å². The van der Waals surface area contributed by atoms with Gasteiger partial charge in [0, 0.05) is 17.4 Å². The van der Waals surface area contributed by atoms with Crippen molar-refractivity contribution in [2.24, 2.45) is 0 Å². The maximum atomic E-state index is 10.7. The molecule has 0 spiro atoms. The first kappa shape index (κ1) is 37.9. The maximum Gasteiger partial charge on any atom is 0.207 e. The molecule has 47 heavy (non-hydrogen) atoms. The fraction of sp³-hybridized carbons (Fsp3) is 0.368. The van der Waals surface area contributed by atoms with Crippen LogP contribution in [0.1, 0.15) is 62.5 Å². The third-order valence-corrected chi connectivity index (χ3v) is 12.9. The largest absolute Gasteiger partial charge is 0.748 e. The molecule has 4 aromatic rings. The van der Waals surface area contributed by atoms with Gasteiger partial charge in [0.25, 0.3) is 0 Å². The molecule has 0 bridgehead atoms. The fourth-order valence-electron chi connectivity index (χ4n) is 6.12. The standard InChI is InChI=1S/C37H45O4P.CH4O3S/c1-29-33(35(39)37(41-3)36(40-2)34(29)38)27-19-8-6-4-5-7-9-20-28-42(30-21-13-10-14-22-30,31-23-15-11-16-24-31)32-25-17-12-18-26-32;1-5(2,3)4/h10-18,21-26H,4-9,19-20,27-28H2,1-3H3,(H-,38,39);1H3,(H,2,3,4). The molecule has 4 aromatic carbocycles. The molecule has 9 heteroatoms. The highest BCUT2D eigenvalue weighted by Gasteiger charge is 2.44. The van der Waals surface area contributed by atoms with Crippen LogP contribution in [-0.2, 0) is 16.5 Å². The zero-order chi connectivity index (χ0) is 34.3. The summed E-state index contributed by atoms with van der Waals surface area (Å²) in [6.45, 7) is 1.82. The summed E-state index contributed by atoms with van der Waals surface area (Å²) in [6, 6.07) is 33.5. The Morgan fingerprint density at radius 2 is 0.957 bits per heavy atom. The zero-order valence-corrected chi connectivity index (χ0v) is 29.7. The molecule has 7 nitrogen and oxygen atoms in total. The lowest BCUT2D eigenvalue weighted by Crippen LogP contribution is -2.33. The SMILES string of the molecule is COc1c(O)c(C)c(CCCCCCCCCC[P+](c2ccccc2)(c2ccccc2)c2ccccc2)c(O)c1OC.CS(=O)(=O)[O-]. The average Bonchev–Trinajstić information content (AvgIpc) is 3.07. The molecule has 0 heterocycles. The highest BCUT2D eigenvalue weighted by Crippen LogP contribution is 2.56. The Balaban J connectivity index is 0.00000111. The Hall–Kier alpha value is -3.58. The summed E-state index contributed by atoms with van der Waals surface area (Å²) in [6.07, 6.45) is 11.9. The van der Waals surface area contributed by atoms with Crippen molar-refractivity contribution in [2.75, 3.05) is 26.6 Å². The van der Waals surface area contributed by atoms with Crippen molar-refractivity contribution >= 4 is 33.3 Å². The minimum Gasteiger partial charge on any atom is -0.748 e. The van der Waals surface area contributed by atoms with Crippen LogP contribution in [0.3, 0.4) is 0 Å². The lowest BCUT2D eigenvalue weighted by atomic mass is 9.98. The smallest absolute Gasteiger partial charge is 0.207 e. The molecule has 0 unspecified atom stereocenters. The normalized spacial score (nSPS) is 11.4. The number of phenols is 2. The first-order valence-electron chi connectivity index (χ1n) is 16.2. The van der Waals surface area contributed by atoms with E-state index in [4.69, 9.17) is 22.4 Å². The molecule has 0 saturated carbocycles. The molecular weight excluding hydrogens is 631 g/mol. The van der Waals surface area contributed by atoms with Crippen molar-refractivity contribution in [1.82, 2.24) is 0 Å². The number of unbranched alkanes of at least 4 members (excludes halogenated alkanes) is 7. The van der Waals surface area contributed by atoms with Gasteiger partial charge >= 0.3 is 0 Å². The first-order valence-corrected chi connectivity index (χ1v) is 19.9. The van der Waals surface area contributed by atoms with Gasteiger partial charge in [0.15, 0.2) is 11.5 Å². The number of phenolic OH excluding ortho intramolecular Hbond substituents is 2. The van der Waals surface area contributed by atoms with Crippen LogP contribution in [0, 0.1) is 6.92 Å². The van der Waals surface area contributed by atoms with Gasteiger partial charge in [0.1, 0.15) is 23.2 Å². The van der Waals surface area contributed by atoms with Gasteiger partial charge in [0.05, 0.1) is 30.5 Å². The molecule has 4 rings (SSSR count). The van der Waals surface area contributed by atoms with Crippen LogP contribution in [0.25, 0.3) is 0 Å². The second-order valence-electron chi connectivity index (χ2n) is 11.7. The minimum atomic E-state index is -3.92. The summed E-state index contributed by atoms with van der Waals surface area (Å²) >= 11 is 0. The number of ether oxygens (including phenoxy) is 2. The van der Waals surface area contributed by atoms with Crippen LogP contribution in [0.15, 0.2) is 91.0 Å². The van der Waals surface area contributed by atoms with Crippen molar-refractivity contribution in [3.8, 4) is 23.0 Å². The molecule has 0 aliphatic heterocycles. The van der Waals surface area contributed by atoms with Gasteiger partial charge in [-0.05, 0) is 69.0 Å². The molecule has 0 aromatic heterocycles. The first-order chi connectivity index (χ1) is 22.5. The van der Waals surface area contributed by atoms with Crippen molar-refractivity contribution < 1.29 is 32.7 Å². The fourth-order valence-corrected chi connectivity index (χ4v) is 10.5. The number of hydrogen-bond acceptors (Lipinski definition) is 7. The van der Waals surface area contributed by atoms with Crippen molar-refractivity contribution in [3.63, 3.8) is 0 Å². The molecular formula is C38H49O7PS. The van der Waals surface area contributed by atoms with E-state index in [1.165, 1.54) is 74.8 Å². The predicted octanol–water partition coefficient (Wildman–Crippen LogP) is 7.24. The van der Waals surface area contributed by atoms with E-state index in [-0.39, 0.29) is 23.0 Å². The molecule has 254 valence electrons. The number of hydrogen-bond donors (Lipinski definition) is 2. The Kier molecular flexibility index (Phi) is 15.1. The van der Waals surface area contributed by atoms with E-state index in [2.05, 4.69) is 91.0 Å². The van der Waals surface area contributed by atoms with Crippen LogP contribution in [0.5, 0.6) is 23.0 Å². The molecule has 0 radical (unpaired) electrons.